The third-order valence-electron chi connectivity index (χ3n) is 2.82. The first-order valence-electron chi connectivity index (χ1n) is 6.18. The number of hydrogen-bond acceptors (Lipinski definition) is 4. The van der Waals surface area contributed by atoms with E-state index >= 15 is 0 Å². The van der Waals surface area contributed by atoms with Crippen LogP contribution in [0.3, 0.4) is 0 Å². The van der Waals surface area contributed by atoms with E-state index in [1.807, 2.05) is 6.92 Å². The maximum atomic E-state index is 12.1. The second-order valence-electron chi connectivity index (χ2n) is 4.67. The highest BCUT2D eigenvalue weighted by Gasteiger charge is 2.15. The predicted molar refractivity (Wildman–Crippen MR) is 86.2 cm³/mol. The predicted octanol–water partition coefficient (Wildman–Crippen LogP) is 3.74. The van der Waals surface area contributed by atoms with Crippen LogP contribution in [0.4, 0.5) is 0 Å². The molecule has 0 saturated carbocycles. The Balaban J connectivity index is 2.25. The number of carbonyl (C=O) groups excluding carboxylic acids is 2. The third kappa shape index (κ3) is 3.71. The number of aryl methyl sites for hydroxylation is 1. The standard InChI is InChI=1S/C15H14BrNO3S/c1-9-4-5-10(14(18)17(2)3)8-11(9)20-15(19)12-6-7-13(16)21-12/h4-8H,1-3H3. The van der Waals surface area contributed by atoms with E-state index in [-0.39, 0.29) is 5.91 Å². The molecule has 0 saturated heterocycles. The summed E-state index contributed by atoms with van der Waals surface area (Å²) < 4.78 is 6.26. The number of hydrogen-bond donors (Lipinski definition) is 0. The first-order valence-corrected chi connectivity index (χ1v) is 7.79. The molecule has 1 heterocycles. The number of carbonyl (C=O) groups is 2. The summed E-state index contributed by atoms with van der Waals surface area (Å²) in [6.45, 7) is 1.83. The third-order valence-corrected chi connectivity index (χ3v) is 4.42. The largest absolute Gasteiger partial charge is 0.422 e. The van der Waals surface area contributed by atoms with E-state index in [0.717, 1.165) is 9.35 Å². The molecule has 0 fully saturated rings. The van der Waals surface area contributed by atoms with Gasteiger partial charge in [0.25, 0.3) is 5.91 Å². The van der Waals surface area contributed by atoms with Crippen molar-refractivity contribution in [1.82, 2.24) is 4.90 Å². The van der Waals surface area contributed by atoms with Crippen molar-refractivity contribution in [3.05, 3.63) is 50.1 Å². The summed E-state index contributed by atoms with van der Waals surface area (Å²) in [6.07, 6.45) is 0. The highest BCUT2D eigenvalue weighted by Crippen LogP contribution is 2.25. The summed E-state index contributed by atoms with van der Waals surface area (Å²) in [5.41, 5.74) is 1.29. The minimum atomic E-state index is -0.428. The average molecular weight is 368 g/mol. The second-order valence-corrected chi connectivity index (χ2v) is 7.14. The maximum absolute atomic E-state index is 12.1. The van der Waals surface area contributed by atoms with Crippen LogP contribution >= 0.6 is 27.3 Å². The molecule has 6 heteroatoms. The van der Waals surface area contributed by atoms with Crippen LogP contribution in [0.5, 0.6) is 5.75 Å². The Labute approximate surface area is 135 Å². The molecule has 0 aliphatic carbocycles. The lowest BCUT2D eigenvalue weighted by Crippen LogP contribution is -2.21. The Morgan fingerprint density at radius 1 is 1.19 bits per heavy atom. The van der Waals surface area contributed by atoms with Crippen LogP contribution in [-0.2, 0) is 0 Å². The molecule has 0 radical (unpaired) electrons. The van der Waals surface area contributed by atoms with Crippen molar-refractivity contribution in [1.29, 1.82) is 0 Å². The fourth-order valence-corrected chi connectivity index (χ4v) is 2.94. The lowest BCUT2D eigenvalue weighted by Gasteiger charge is -2.12. The molecule has 0 unspecified atom stereocenters. The van der Waals surface area contributed by atoms with Crippen molar-refractivity contribution in [3.63, 3.8) is 0 Å². The molecule has 2 aromatic rings. The van der Waals surface area contributed by atoms with Gasteiger partial charge in [0.1, 0.15) is 10.6 Å². The molecule has 0 aliphatic heterocycles. The Bertz CT molecular complexity index is 694. The topological polar surface area (TPSA) is 46.6 Å². The van der Waals surface area contributed by atoms with Crippen LogP contribution in [0, 0.1) is 6.92 Å². The number of rotatable bonds is 3. The van der Waals surface area contributed by atoms with Crippen LogP contribution < -0.4 is 4.74 Å². The smallest absolute Gasteiger partial charge is 0.353 e. The van der Waals surface area contributed by atoms with Gasteiger partial charge in [-0.15, -0.1) is 11.3 Å². The quantitative estimate of drug-likeness (QED) is 0.613. The summed E-state index contributed by atoms with van der Waals surface area (Å²) >= 11 is 4.61. The van der Waals surface area contributed by atoms with E-state index in [9.17, 15) is 9.59 Å². The number of halogens is 1. The van der Waals surface area contributed by atoms with Gasteiger partial charge in [0.2, 0.25) is 0 Å². The molecular weight excluding hydrogens is 354 g/mol. The van der Waals surface area contributed by atoms with E-state index < -0.39 is 5.97 Å². The Kier molecular flexibility index (Phi) is 4.80. The molecule has 21 heavy (non-hydrogen) atoms. The fourth-order valence-electron chi connectivity index (χ4n) is 1.68. The molecule has 0 spiro atoms. The molecule has 0 aliphatic rings. The highest BCUT2D eigenvalue weighted by molar-refractivity contribution is 9.11. The van der Waals surface area contributed by atoms with Crippen LogP contribution in [0.2, 0.25) is 0 Å². The van der Waals surface area contributed by atoms with Crippen molar-refractivity contribution in [3.8, 4) is 5.75 Å². The number of esters is 1. The molecule has 0 N–H and O–H groups in total. The number of thiophene rings is 1. The van der Waals surface area contributed by atoms with E-state index in [2.05, 4.69) is 15.9 Å². The summed E-state index contributed by atoms with van der Waals surface area (Å²) in [6, 6.07) is 8.57. The van der Waals surface area contributed by atoms with Crippen LogP contribution in [0.15, 0.2) is 34.1 Å². The van der Waals surface area contributed by atoms with E-state index in [1.165, 1.54) is 16.2 Å². The normalized spacial score (nSPS) is 10.3. The molecule has 0 bridgehead atoms. The van der Waals surface area contributed by atoms with Gasteiger partial charge in [-0.05, 0) is 52.7 Å². The van der Waals surface area contributed by atoms with Crippen molar-refractivity contribution >= 4 is 39.1 Å². The number of nitrogens with zero attached hydrogens (tertiary/aromatic N) is 1. The number of ether oxygens (including phenoxy) is 1. The van der Waals surface area contributed by atoms with Crippen molar-refractivity contribution in [2.24, 2.45) is 0 Å². The maximum Gasteiger partial charge on any atom is 0.353 e. The SMILES string of the molecule is Cc1ccc(C(=O)N(C)C)cc1OC(=O)c1ccc(Br)s1. The van der Waals surface area contributed by atoms with Crippen molar-refractivity contribution < 1.29 is 14.3 Å². The van der Waals surface area contributed by atoms with E-state index in [4.69, 9.17) is 4.74 Å². The van der Waals surface area contributed by atoms with E-state index in [0.29, 0.717) is 16.2 Å². The second kappa shape index (κ2) is 6.41. The molecule has 1 aromatic heterocycles. The highest BCUT2D eigenvalue weighted by atomic mass is 79.9. The molecule has 1 amide bonds. The summed E-state index contributed by atoms with van der Waals surface area (Å²) in [4.78, 5) is 26.0. The van der Waals surface area contributed by atoms with Gasteiger partial charge >= 0.3 is 5.97 Å². The zero-order valence-corrected chi connectivity index (χ0v) is 14.2. The Morgan fingerprint density at radius 3 is 2.48 bits per heavy atom. The van der Waals surface area contributed by atoms with Gasteiger partial charge in [-0.25, -0.2) is 4.79 Å². The molecule has 4 nitrogen and oxygen atoms in total. The summed E-state index contributed by atoms with van der Waals surface area (Å²) in [7, 11) is 3.36. The monoisotopic (exact) mass is 367 g/mol. The van der Waals surface area contributed by atoms with Crippen molar-refractivity contribution in [2.45, 2.75) is 6.92 Å². The van der Waals surface area contributed by atoms with E-state index in [1.54, 1.807) is 44.4 Å². The lowest BCUT2D eigenvalue weighted by molar-refractivity contribution is 0.0735. The molecule has 0 atom stereocenters. The molecule has 1 aromatic carbocycles. The summed E-state index contributed by atoms with van der Waals surface area (Å²) in [5.74, 6) is -0.161. The average Bonchev–Trinajstić information content (AvgIpc) is 2.87. The number of benzene rings is 1. The van der Waals surface area contributed by atoms with Gasteiger partial charge in [0.05, 0.1) is 3.79 Å². The molecule has 110 valence electrons. The van der Waals surface area contributed by atoms with Gasteiger partial charge in [0.15, 0.2) is 0 Å². The zero-order valence-electron chi connectivity index (χ0n) is 11.8. The van der Waals surface area contributed by atoms with Gasteiger partial charge in [-0.2, -0.15) is 0 Å². The Morgan fingerprint density at radius 2 is 1.90 bits per heavy atom. The molecular formula is C15H14BrNO3S. The fraction of sp³-hybridized carbons (Fsp3) is 0.200. The van der Waals surface area contributed by atoms with Crippen molar-refractivity contribution in [2.75, 3.05) is 14.1 Å². The van der Waals surface area contributed by atoms with Crippen LogP contribution in [-0.4, -0.2) is 30.9 Å². The first-order chi connectivity index (χ1) is 9.88. The Hall–Kier alpha value is -1.66. The minimum Gasteiger partial charge on any atom is -0.422 e. The zero-order chi connectivity index (χ0) is 15.6. The first kappa shape index (κ1) is 15.7. The minimum absolute atomic E-state index is 0.133. The van der Waals surface area contributed by atoms with Gasteiger partial charge in [-0.1, -0.05) is 6.07 Å². The molecule has 2 rings (SSSR count). The summed E-state index contributed by atoms with van der Waals surface area (Å²) in [5, 5.41) is 0. The van der Waals surface area contributed by atoms with Gasteiger partial charge < -0.3 is 9.64 Å². The van der Waals surface area contributed by atoms with Gasteiger partial charge in [0, 0.05) is 19.7 Å². The van der Waals surface area contributed by atoms with Crippen LogP contribution in [0.25, 0.3) is 0 Å². The number of amides is 1. The lowest BCUT2D eigenvalue weighted by atomic mass is 10.1. The van der Waals surface area contributed by atoms with Crippen LogP contribution in [0.1, 0.15) is 25.6 Å². The van der Waals surface area contributed by atoms with Gasteiger partial charge in [-0.3, -0.25) is 4.79 Å².